The molecule has 0 spiro atoms. The van der Waals surface area contributed by atoms with E-state index >= 15 is 0 Å². The first-order valence-corrected chi connectivity index (χ1v) is 10.1. The molecule has 0 aliphatic heterocycles. The molecule has 0 fully saturated rings. The van der Waals surface area contributed by atoms with Crippen molar-refractivity contribution >= 4 is 17.5 Å². The largest absolute Gasteiger partial charge is 0.394 e. The van der Waals surface area contributed by atoms with E-state index in [-0.39, 0.29) is 23.9 Å². The lowest BCUT2D eigenvalue weighted by Gasteiger charge is -2.18. The predicted octanol–water partition coefficient (Wildman–Crippen LogP) is 3.27. The average molecular weight is 416 g/mol. The van der Waals surface area contributed by atoms with Gasteiger partial charge in [0.25, 0.3) is 0 Å². The van der Waals surface area contributed by atoms with Gasteiger partial charge in [-0.3, -0.25) is 0 Å². The van der Waals surface area contributed by atoms with Crippen LogP contribution in [0, 0.1) is 5.92 Å². The molecule has 0 amide bonds. The molecule has 0 aliphatic rings. The summed E-state index contributed by atoms with van der Waals surface area (Å²) in [6.07, 6.45) is 4.88. The molecule has 0 saturated heterocycles. The van der Waals surface area contributed by atoms with E-state index in [0.29, 0.717) is 24.1 Å². The summed E-state index contributed by atoms with van der Waals surface area (Å²) in [7, 11) is 0. The SMILES string of the molecule is CC(C)CC(CO)Nc1nc(Cl)nc(CC(C)c2ccc(-n3ccnn3)cc2)n1. The predicted molar refractivity (Wildman–Crippen MR) is 112 cm³/mol. The summed E-state index contributed by atoms with van der Waals surface area (Å²) >= 11 is 6.11. The van der Waals surface area contributed by atoms with Gasteiger partial charge in [0.1, 0.15) is 5.82 Å². The van der Waals surface area contributed by atoms with E-state index in [1.54, 1.807) is 17.1 Å². The lowest BCUT2D eigenvalue weighted by atomic mass is 9.97. The summed E-state index contributed by atoms with van der Waals surface area (Å²) in [6.45, 7) is 6.33. The molecule has 29 heavy (non-hydrogen) atoms. The number of nitrogens with zero attached hydrogens (tertiary/aromatic N) is 6. The number of aliphatic hydroxyl groups excluding tert-OH is 1. The van der Waals surface area contributed by atoms with Gasteiger partial charge in [-0.2, -0.15) is 9.97 Å². The van der Waals surface area contributed by atoms with Gasteiger partial charge in [0, 0.05) is 6.42 Å². The van der Waals surface area contributed by atoms with Crippen LogP contribution in [0.5, 0.6) is 0 Å². The molecule has 2 heterocycles. The third-order valence-corrected chi connectivity index (χ3v) is 4.77. The molecule has 0 bridgehead atoms. The summed E-state index contributed by atoms with van der Waals surface area (Å²) in [5.74, 6) is 1.64. The maximum Gasteiger partial charge on any atom is 0.227 e. The smallest absolute Gasteiger partial charge is 0.227 e. The molecule has 2 aromatic heterocycles. The fourth-order valence-corrected chi connectivity index (χ4v) is 3.35. The molecular formula is C20H26ClN7O. The molecule has 8 nitrogen and oxygen atoms in total. The highest BCUT2D eigenvalue weighted by molar-refractivity contribution is 6.28. The van der Waals surface area contributed by atoms with Crippen LogP contribution in [0.4, 0.5) is 5.95 Å². The van der Waals surface area contributed by atoms with Crippen LogP contribution >= 0.6 is 11.6 Å². The van der Waals surface area contributed by atoms with Gasteiger partial charge in [-0.1, -0.05) is 38.1 Å². The Bertz CT molecular complexity index is 900. The Morgan fingerprint density at radius 3 is 2.48 bits per heavy atom. The van der Waals surface area contributed by atoms with E-state index < -0.39 is 0 Å². The fraction of sp³-hybridized carbons (Fsp3) is 0.450. The third kappa shape index (κ3) is 5.95. The number of benzene rings is 1. The number of aliphatic hydroxyl groups is 1. The Labute approximate surface area is 175 Å². The van der Waals surface area contributed by atoms with Crippen molar-refractivity contribution in [2.75, 3.05) is 11.9 Å². The van der Waals surface area contributed by atoms with Gasteiger partial charge in [0.2, 0.25) is 11.2 Å². The molecule has 3 aromatic rings. The second-order valence-electron chi connectivity index (χ2n) is 7.54. The van der Waals surface area contributed by atoms with E-state index in [1.807, 2.05) is 12.1 Å². The highest BCUT2D eigenvalue weighted by Gasteiger charge is 2.15. The van der Waals surface area contributed by atoms with E-state index in [4.69, 9.17) is 11.6 Å². The second-order valence-corrected chi connectivity index (χ2v) is 7.88. The van der Waals surface area contributed by atoms with Crippen molar-refractivity contribution < 1.29 is 5.11 Å². The van der Waals surface area contributed by atoms with Gasteiger partial charge in [0.15, 0.2) is 0 Å². The van der Waals surface area contributed by atoms with Crippen LogP contribution in [-0.4, -0.2) is 47.7 Å². The number of anilines is 1. The zero-order chi connectivity index (χ0) is 20.8. The normalized spacial score (nSPS) is 13.4. The number of halogens is 1. The topological polar surface area (TPSA) is 102 Å². The van der Waals surface area contributed by atoms with Crippen LogP contribution in [0.3, 0.4) is 0 Å². The molecule has 0 saturated carbocycles. The zero-order valence-corrected chi connectivity index (χ0v) is 17.6. The summed E-state index contributed by atoms with van der Waals surface area (Å²) in [4.78, 5) is 12.9. The Hall–Kier alpha value is -2.58. The fourth-order valence-electron chi connectivity index (χ4n) is 3.17. The Kier molecular flexibility index (Phi) is 7.11. The molecule has 2 N–H and O–H groups in total. The van der Waals surface area contributed by atoms with Crippen LogP contribution in [0.2, 0.25) is 5.28 Å². The van der Waals surface area contributed by atoms with E-state index in [2.05, 4.69) is 63.5 Å². The van der Waals surface area contributed by atoms with Gasteiger partial charge in [-0.25, -0.2) is 9.67 Å². The quantitative estimate of drug-likeness (QED) is 0.552. The van der Waals surface area contributed by atoms with E-state index in [0.717, 1.165) is 17.7 Å². The summed E-state index contributed by atoms with van der Waals surface area (Å²) in [6, 6.07) is 8.02. The van der Waals surface area contributed by atoms with Crippen LogP contribution in [0.15, 0.2) is 36.7 Å². The maximum absolute atomic E-state index is 9.58. The van der Waals surface area contributed by atoms with Crippen molar-refractivity contribution in [2.45, 2.75) is 45.6 Å². The van der Waals surface area contributed by atoms with Gasteiger partial charge in [-0.15, -0.1) is 5.10 Å². The number of hydrogen-bond acceptors (Lipinski definition) is 7. The van der Waals surface area contributed by atoms with Gasteiger partial charge < -0.3 is 10.4 Å². The number of nitrogens with one attached hydrogen (secondary N) is 1. The first kappa shape index (κ1) is 21.1. The highest BCUT2D eigenvalue weighted by atomic mass is 35.5. The molecule has 9 heteroatoms. The van der Waals surface area contributed by atoms with Crippen molar-refractivity contribution in [1.29, 1.82) is 0 Å². The molecule has 0 aliphatic carbocycles. The Morgan fingerprint density at radius 2 is 1.86 bits per heavy atom. The molecule has 3 rings (SSSR count). The number of hydrogen-bond donors (Lipinski definition) is 2. The summed E-state index contributed by atoms with van der Waals surface area (Å²) in [5.41, 5.74) is 2.11. The van der Waals surface area contributed by atoms with Crippen LogP contribution in [0.25, 0.3) is 5.69 Å². The van der Waals surface area contributed by atoms with Crippen molar-refractivity contribution in [3.05, 3.63) is 53.3 Å². The maximum atomic E-state index is 9.58. The number of rotatable bonds is 9. The number of aromatic nitrogens is 6. The highest BCUT2D eigenvalue weighted by Crippen LogP contribution is 2.21. The first-order chi connectivity index (χ1) is 13.9. The van der Waals surface area contributed by atoms with Gasteiger partial charge in [-0.05, 0) is 47.6 Å². The molecule has 2 unspecified atom stereocenters. The van der Waals surface area contributed by atoms with Crippen LogP contribution in [-0.2, 0) is 6.42 Å². The lowest BCUT2D eigenvalue weighted by molar-refractivity contribution is 0.259. The third-order valence-electron chi connectivity index (χ3n) is 4.60. The molecule has 154 valence electrons. The second kappa shape index (κ2) is 9.76. The average Bonchev–Trinajstić information content (AvgIpc) is 3.21. The van der Waals surface area contributed by atoms with E-state index in [1.165, 1.54) is 0 Å². The summed E-state index contributed by atoms with van der Waals surface area (Å²) < 4.78 is 1.72. The van der Waals surface area contributed by atoms with E-state index in [9.17, 15) is 5.11 Å². The van der Waals surface area contributed by atoms with Crippen molar-refractivity contribution in [3.63, 3.8) is 0 Å². The standard InChI is InChI=1S/C20H26ClN7O/c1-13(2)10-16(12-29)23-20-25-18(24-19(21)26-20)11-14(3)15-4-6-17(7-5-15)28-9-8-22-27-28/h4-9,13-14,16,29H,10-12H2,1-3H3,(H,23,24,25,26). The van der Waals surface area contributed by atoms with Crippen molar-refractivity contribution in [2.24, 2.45) is 5.92 Å². The molecule has 1 aromatic carbocycles. The zero-order valence-electron chi connectivity index (χ0n) is 16.8. The van der Waals surface area contributed by atoms with Crippen LogP contribution < -0.4 is 5.32 Å². The summed E-state index contributed by atoms with van der Waals surface area (Å²) in [5, 5.41) is 20.7. The monoisotopic (exact) mass is 415 g/mol. The lowest BCUT2D eigenvalue weighted by Crippen LogP contribution is -2.27. The minimum atomic E-state index is -0.122. The molecule has 2 atom stereocenters. The molecule has 0 radical (unpaired) electrons. The molecular weight excluding hydrogens is 390 g/mol. The van der Waals surface area contributed by atoms with Gasteiger partial charge >= 0.3 is 0 Å². The first-order valence-electron chi connectivity index (χ1n) is 9.69. The van der Waals surface area contributed by atoms with Crippen molar-refractivity contribution in [1.82, 2.24) is 29.9 Å². The Balaban J connectivity index is 1.69. The minimum absolute atomic E-state index is 0.00530. The van der Waals surface area contributed by atoms with Crippen LogP contribution in [0.1, 0.15) is 44.5 Å². The van der Waals surface area contributed by atoms with Crippen molar-refractivity contribution in [3.8, 4) is 5.69 Å². The van der Waals surface area contributed by atoms with Gasteiger partial charge in [0.05, 0.1) is 30.7 Å². The minimum Gasteiger partial charge on any atom is -0.394 e. The Morgan fingerprint density at radius 1 is 1.10 bits per heavy atom.